The van der Waals surface area contributed by atoms with Crippen LogP contribution in [0.4, 0.5) is 11.4 Å². The minimum Gasteiger partial charge on any atom is -0.343 e. The minimum absolute atomic E-state index is 0.0497. The lowest BCUT2D eigenvalue weighted by Crippen LogP contribution is -2.25. The van der Waals surface area contributed by atoms with E-state index in [0.717, 1.165) is 41.3 Å². The molecule has 0 saturated heterocycles. The number of nitrogens with one attached hydrogen (secondary N) is 1. The highest BCUT2D eigenvalue weighted by molar-refractivity contribution is 7.09. The Balaban J connectivity index is 1.54. The summed E-state index contributed by atoms with van der Waals surface area (Å²) in [6.45, 7) is 7.08. The lowest BCUT2D eigenvalue weighted by molar-refractivity contribution is -0.116. The van der Waals surface area contributed by atoms with E-state index in [1.54, 1.807) is 23.2 Å². The van der Waals surface area contributed by atoms with Crippen LogP contribution in [0.3, 0.4) is 0 Å². The molecule has 3 aromatic rings. The molecule has 0 bridgehead atoms. The van der Waals surface area contributed by atoms with Gasteiger partial charge in [-0.15, -0.1) is 11.3 Å². The molecule has 0 aliphatic carbocycles. The number of fused-ring (bicyclic) bond motifs is 1. The monoisotopic (exact) mass is 393 g/mol. The van der Waals surface area contributed by atoms with Crippen LogP contribution >= 0.6 is 11.3 Å². The van der Waals surface area contributed by atoms with Crippen LogP contribution in [0, 0.1) is 13.8 Å². The molecule has 0 fully saturated rings. The van der Waals surface area contributed by atoms with Crippen molar-refractivity contribution < 1.29 is 9.59 Å². The van der Waals surface area contributed by atoms with Gasteiger partial charge in [0.1, 0.15) is 0 Å². The number of aryl methyl sites for hydroxylation is 1. The maximum atomic E-state index is 12.9. The number of carbonyl (C=O) groups is 2. The Labute approximate surface area is 168 Å². The minimum atomic E-state index is -0.105. The Morgan fingerprint density at radius 1 is 1.18 bits per heavy atom. The Morgan fingerprint density at radius 3 is 2.71 bits per heavy atom. The van der Waals surface area contributed by atoms with Crippen LogP contribution in [0.2, 0.25) is 0 Å². The van der Waals surface area contributed by atoms with Crippen molar-refractivity contribution in [1.82, 2.24) is 4.57 Å². The number of amides is 2. The Hall–Kier alpha value is -2.86. The quantitative estimate of drug-likeness (QED) is 0.715. The first-order valence-electron chi connectivity index (χ1n) is 9.35. The van der Waals surface area contributed by atoms with Crippen LogP contribution in [0.15, 0.2) is 41.8 Å². The molecule has 3 heterocycles. The largest absolute Gasteiger partial charge is 0.343 e. The zero-order valence-corrected chi connectivity index (χ0v) is 17.1. The van der Waals surface area contributed by atoms with Gasteiger partial charge in [-0.1, -0.05) is 6.07 Å². The van der Waals surface area contributed by atoms with Gasteiger partial charge in [-0.05, 0) is 61.5 Å². The van der Waals surface area contributed by atoms with Gasteiger partial charge in [0.15, 0.2) is 0 Å². The third-order valence-electron chi connectivity index (χ3n) is 5.33. The average Bonchev–Trinajstić information content (AvgIpc) is 3.37. The van der Waals surface area contributed by atoms with Crippen LogP contribution in [0.1, 0.15) is 39.1 Å². The molecular formula is C22H23N3O2S. The molecule has 28 heavy (non-hydrogen) atoms. The maximum Gasteiger partial charge on any atom is 0.257 e. The molecule has 0 spiro atoms. The second-order valence-electron chi connectivity index (χ2n) is 7.17. The van der Waals surface area contributed by atoms with Crippen molar-refractivity contribution in [3.8, 4) is 0 Å². The van der Waals surface area contributed by atoms with Gasteiger partial charge in [0, 0.05) is 41.1 Å². The van der Waals surface area contributed by atoms with E-state index < -0.39 is 0 Å². The van der Waals surface area contributed by atoms with Gasteiger partial charge in [0.05, 0.1) is 12.1 Å². The summed E-state index contributed by atoms with van der Waals surface area (Å²) < 4.78 is 2.17. The van der Waals surface area contributed by atoms with Crippen molar-refractivity contribution in [2.45, 2.75) is 33.7 Å². The molecule has 2 aromatic heterocycles. The van der Waals surface area contributed by atoms with Crippen LogP contribution in [-0.4, -0.2) is 22.9 Å². The first kappa shape index (κ1) is 18.5. The first-order valence-corrected chi connectivity index (χ1v) is 10.2. The molecule has 0 unspecified atom stereocenters. The van der Waals surface area contributed by atoms with Gasteiger partial charge >= 0.3 is 0 Å². The van der Waals surface area contributed by atoms with Crippen molar-refractivity contribution in [2.75, 3.05) is 16.8 Å². The molecule has 1 aliphatic rings. The number of carbonyl (C=O) groups excluding carboxylic acids is 2. The number of rotatable bonds is 4. The maximum absolute atomic E-state index is 12.9. The molecule has 1 aliphatic heterocycles. The van der Waals surface area contributed by atoms with Gasteiger partial charge in [0.25, 0.3) is 5.91 Å². The summed E-state index contributed by atoms with van der Waals surface area (Å²) in [4.78, 5) is 27.6. The molecule has 0 atom stereocenters. The Morgan fingerprint density at radius 2 is 2.00 bits per heavy atom. The molecule has 0 saturated carbocycles. The number of hydrogen-bond donors (Lipinski definition) is 1. The van der Waals surface area contributed by atoms with E-state index >= 15 is 0 Å². The second kappa shape index (κ2) is 7.28. The number of anilines is 2. The van der Waals surface area contributed by atoms with Crippen LogP contribution in [0.5, 0.6) is 0 Å². The van der Waals surface area contributed by atoms with E-state index in [4.69, 9.17) is 0 Å². The van der Waals surface area contributed by atoms with Gasteiger partial charge in [-0.25, -0.2) is 0 Å². The van der Waals surface area contributed by atoms with Gasteiger partial charge in [-0.3, -0.25) is 9.59 Å². The van der Waals surface area contributed by atoms with Gasteiger partial charge in [-0.2, -0.15) is 0 Å². The smallest absolute Gasteiger partial charge is 0.257 e. The summed E-state index contributed by atoms with van der Waals surface area (Å²) in [5, 5.41) is 5.09. The number of aromatic nitrogens is 1. The number of benzene rings is 1. The van der Waals surface area contributed by atoms with Crippen LogP contribution < -0.4 is 10.2 Å². The molecular weight excluding hydrogens is 370 g/mol. The summed E-state index contributed by atoms with van der Waals surface area (Å²) in [5.41, 5.74) is 5.53. The van der Waals surface area contributed by atoms with Crippen molar-refractivity contribution in [2.24, 2.45) is 0 Å². The summed E-state index contributed by atoms with van der Waals surface area (Å²) >= 11 is 1.72. The van der Waals surface area contributed by atoms with Gasteiger partial charge in [0.2, 0.25) is 5.91 Å². The predicted molar refractivity (Wildman–Crippen MR) is 113 cm³/mol. The first-order chi connectivity index (χ1) is 13.4. The molecule has 144 valence electrons. The zero-order chi connectivity index (χ0) is 19.8. The highest BCUT2D eigenvalue weighted by Gasteiger charge is 2.23. The fourth-order valence-corrected chi connectivity index (χ4v) is 4.53. The van der Waals surface area contributed by atoms with Crippen molar-refractivity contribution >= 4 is 34.5 Å². The van der Waals surface area contributed by atoms with E-state index in [2.05, 4.69) is 21.3 Å². The standard InChI is InChI=1S/C22H23N3O2S/c1-14-11-20(15(2)25(14)13-19-5-4-10-28-19)22(27)23-18-6-7-21-17(12-18)8-9-24(21)16(3)26/h4-7,10-12H,8-9,13H2,1-3H3,(H,23,27). The molecule has 1 N–H and O–H groups in total. The van der Waals surface area contributed by atoms with E-state index in [1.165, 1.54) is 4.88 Å². The lowest BCUT2D eigenvalue weighted by atomic mass is 10.1. The van der Waals surface area contributed by atoms with E-state index in [9.17, 15) is 9.59 Å². The second-order valence-corrected chi connectivity index (χ2v) is 8.20. The fraction of sp³-hybridized carbons (Fsp3) is 0.273. The predicted octanol–water partition coefficient (Wildman–Crippen LogP) is 4.38. The zero-order valence-electron chi connectivity index (χ0n) is 16.3. The lowest BCUT2D eigenvalue weighted by Gasteiger charge is -2.15. The van der Waals surface area contributed by atoms with E-state index in [1.807, 2.05) is 44.2 Å². The van der Waals surface area contributed by atoms with Crippen molar-refractivity contribution in [1.29, 1.82) is 0 Å². The summed E-state index contributed by atoms with van der Waals surface area (Å²) in [7, 11) is 0. The van der Waals surface area contributed by atoms with E-state index in [0.29, 0.717) is 12.1 Å². The normalized spacial score (nSPS) is 12.9. The number of nitrogens with zero attached hydrogens (tertiary/aromatic N) is 2. The van der Waals surface area contributed by atoms with Crippen LogP contribution in [0.25, 0.3) is 0 Å². The highest BCUT2D eigenvalue weighted by atomic mass is 32.1. The number of thiophene rings is 1. The van der Waals surface area contributed by atoms with E-state index in [-0.39, 0.29) is 11.8 Å². The molecule has 5 nitrogen and oxygen atoms in total. The van der Waals surface area contributed by atoms with Crippen molar-refractivity contribution in [3.63, 3.8) is 0 Å². The summed E-state index contributed by atoms with van der Waals surface area (Å²) in [6.07, 6.45) is 0.813. The van der Waals surface area contributed by atoms with Gasteiger partial charge < -0.3 is 14.8 Å². The summed E-state index contributed by atoms with van der Waals surface area (Å²) in [6, 6.07) is 11.9. The molecule has 0 radical (unpaired) electrons. The highest BCUT2D eigenvalue weighted by Crippen LogP contribution is 2.31. The summed E-state index contributed by atoms with van der Waals surface area (Å²) in [5.74, 6) is -0.0550. The average molecular weight is 394 g/mol. The Kier molecular flexibility index (Phi) is 4.81. The third kappa shape index (κ3) is 3.36. The number of hydrogen-bond acceptors (Lipinski definition) is 3. The Bertz CT molecular complexity index is 1050. The molecule has 1 aromatic carbocycles. The topological polar surface area (TPSA) is 54.3 Å². The molecule has 2 amide bonds. The van der Waals surface area contributed by atoms with Crippen molar-refractivity contribution in [3.05, 3.63) is 69.2 Å². The third-order valence-corrected chi connectivity index (χ3v) is 6.19. The van der Waals surface area contributed by atoms with Crippen LogP contribution in [-0.2, 0) is 17.8 Å². The molecule has 6 heteroatoms. The SMILES string of the molecule is CC(=O)N1CCc2cc(NC(=O)c3cc(C)n(Cc4cccs4)c3C)ccc21. The molecule has 4 rings (SSSR count). The fourth-order valence-electron chi connectivity index (χ4n) is 3.84.